The lowest BCUT2D eigenvalue weighted by Gasteiger charge is -2.05. The van der Waals surface area contributed by atoms with E-state index in [-0.39, 0.29) is 0 Å². The van der Waals surface area contributed by atoms with E-state index in [0.717, 1.165) is 12.2 Å². The quantitative estimate of drug-likeness (QED) is 0.677. The zero-order valence-corrected chi connectivity index (χ0v) is 8.22. The van der Waals surface area contributed by atoms with Gasteiger partial charge in [-0.05, 0) is 18.6 Å². The fraction of sp³-hybridized carbons (Fsp3) is 0.400. The van der Waals surface area contributed by atoms with Crippen molar-refractivity contribution in [1.29, 1.82) is 0 Å². The van der Waals surface area contributed by atoms with Gasteiger partial charge in [0.1, 0.15) is 5.75 Å². The average molecular weight is 203 g/mol. The number of halogens is 2. The molecule has 0 aliphatic rings. The molecule has 1 rings (SSSR count). The van der Waals surface area contributed by atoms with E-state index in [0.29, 0.717) is 12.2 Å². The minimum Gasteiger partial charge on any atom is -0.494 e. The highest BCUT2D eigenvalue weighted by Crippen LogP contribution is 2.23. The first-order valence-corrected chi connectivity index (χ1v) is 4.68. The Bertz CT molecular complexity index is 246. The van der Waals surface area contributed by atoms with Crippen molar-refractivity contribution >= 4 is 11.6 Å². The number of ether oxygens (including phenoxy) is 1. The van der Waals surface area contributed by atoms with E-state index in [1.807, 2.05) is 6.92 Å². The molecular formula is C10H12ClFO. The molecular weight excluding hydrogens is 191 g/mol. The summed E-state index contributed by atoms with van der Waals surface area (Å²) in [5.41, 5.74) is -0.967. The van der Waals surface area contributed by atoms with E-state index in [1.165, 1.54) is 0 Å². The van der Waals surface area contributed by atoms with Crippen molar-refractivity contribution in [3.05, 3.63) is 29.8 Å². The topological polar surface area (TPSA) is 9.23 Å². The van der Waals surface area contributed by atoms with Gasteiger partial charge in [0, 0.05) is 5.56 Å². The summed E-state index contributed by atoms with van der Waals surface area (Å²) >= 11 is 5.25. The van der Waals surface area contributed by atoms with E-state index in [9.17, 15) is 4.39 Å². The average Bonchev–Trinajstić information content (AvgIpc) is 2.15. The smallest absolute Gasteiger partial charge is 0.198 e. The number of alkyl halides is 2. The summed E-state index contributed by atoms with van der Waals surface area (Å²) in [5.74, 6) is 0.753. The minimum atomic E-state index is -1.43. The number of hydrogen-bond acceptors (Lipinski definition) is 1. The molecule has 1 nitrogen and oxygen atoms in total. The van der Waals surface area contributed by atoms with Crippen molar-refractivity contribution in [3.63, 3.8) is 0 Å². The molecule has 13 heavy (non-hydrogen) atoms. The Kier molecular flexibility index (Phi) is 4.03. The van der Waals surface area contributed by atoms with Gasteiger partial charge in [0.25, 0.3) is 0 Å². The van der Waals surface area contributed by atoms with Crippen LogP contribution in [0.15, 0.2) is 24.3 Å². The Morgan fingerprint density at radius 1 is 1.38 bits per heavy atom. The fourth-order valence-electron chi connectivity index (χ4n) is 0.929. The molecule has 72 valence electrons. The maximum absolute atomic E-state index is 12.5. The molecule has 0 saturated heterocycles. The van der Waals surface area contributed by atoms with E-state index >= 15 is 0 Å². The molecule has 0 heterocycles. The van der Waals surface area contributed by atoms with Crippen LogP contribution in [0.1, 0.15) is 24.5 Å². The monoisotopic (exact) mass is 202 g/mol. The van der Waals surface area contributed by atoms with E-state index in [4.69, 9.17) is 16.3 Å². The Morgan fingerprint density at radius 2 is 2.00 bits per heavy atom. The molecule has 0 spiro atoms. The van der Waals surface area contributed by atoms with Crippen LogP contribution in [0.5, 0.6) is 5.75 Å². The van der Waals surface area contributed by atoms with Gasteiger partial charge in [0.05, 0.1) is 6.61 Å². The van der Waals surface area contributed by atoms with Gasteiger partial charge in [-0.15, -0.1) is 0 Å². The minimum absolute atomic E-state index is 0.463. The van der Waals surface area contributed by atoms with E-state index in [1.54, 1.807) is 24.3 Å². The van der Waals surface area contributed by atoms with Gasteiger partial charge < -0.3 is 4.74 Å². The van der Waals surface area contributed by atoms with Gasteiger partial charge in [0.2, 0.25) is 0 Å². The molecule has 0 aromatic heterocycles. The van der Waals surface area contributed by atoms with Crippen LogP contribution in [0.3, 0.4) is 0 Å². The Hall–Kier alpha value is -0.760. The molecule has 0 radical (unpaired) electrons. The maximum Gasteiger partial charge on any atom is 0.198 e. The summed E-state index contributed by atoms with van der Waals surface area (Å²) in [4.78, 5) is 0. The van der Waals surface area contributed by atoms with Gasteiger partial charge in [-0.1, -0.05) is 30.7 Å². The van der Waals surface area contributed by atoms with Crippen molar-refractivity contribution in [2.75, 3.05) is 6.61 Å². The van der Waals surface area contributed by atoms with Gasteiger partial charge in [-0.25, -0.2) is 4.39 Å². The van der Waals surface area contributed by atoms with Crippen LogP contribution in [0.4, 0.5) is 4.39 Å². The molecule has 0 bridgehead atoms. The summed E-state index contributed by atoms with van der Waals surface area (Å²) in [7, 11) is 0. The highest BCUT2D eigenvalue weighted by atomic mass is 35.5. The van der Waals surface area contributed by atoms with Crippen LogP contribution in [0.25, 0.3) is 0 Å². The largest absolute Gasteiger partial charge is 0.494 e. The molecule has 0 N–H and O–H groups in total. The number of benzene rings is 1. The Balaban J connectivity index is 2.59. The van der Waals surface area contributed by atoms with Crippen molar-refractivity contribution in [2.24, 2.45) is 0 Å². The molecule has 3 heteroatoms. The first kappa shape index (κ1) is 10.3. The van der Waals surface area contributed by atoms with Gasteiger partial charge >= 0.3 is 0 Å². The summed E-state index contributed by atoms with van der Waals surface area (Å²) in [6.07, 6.45) is 0.961. The standard InChI is InChI=1S/C10H12ClFO/c1-2-7-13-9-5-3-8(4-6-9)10(11)12/h3-6,10H,2,7H2,1H3. The van der Waals surface area contributed by atoms with Crippen LogP contribution < -0.4 is 4.74 Å². The van der Waals surface area contributed by atoms with Gasteiger partial charge in [-0.3, -0.25) is 0 Å². The van der Waals surface area contributed by atoms with E-state index in [2.05, 4.69) is 0 Å². The summed E-state index contributed by atoms with van der Waals surface area (Å²) in [6, 6.07) is 6.70. The fourth-order valence-corrected chi connectivity index (χ4v) is 1.07. The van der Waals surface area contributed by atoms with E-state index < -0.39 is 5.63 Å². The predicted molar refractivity (Wildman–Crippen MR) is 51.9 cm³/mol. The lowest BCUT2D eigenvalue weighted by atomic mass is 10.2. The Morgan fingerprint density at radius 3 is 2.46 bits per heavy atom. The van der Waals surface area contributed by atoms with Crippen LogP contribution >= 0.6 is 11.6 Å². The maximum atomic E-state index is 12.5. The first-order valence-electron chi connectivity index (χ1n) is 4.25. The molecule has 0 fully saturated rings. The van der Waals surface area contributed by atoms with Crippen LogP contribution in [-0.2, 0) is 0 Å². The molecule has 0 aliphatic carbocycles. The molecule has 0 amide bonds. The molecule has 0 saturated carbocycles. The second kappa shape index (κ2) is 5.07. The highest BCUT2D eigenvalue weighted by molar-refractivity contribution is 6.19. The molecule has 1 unspecified atom stereocenters. The lowest BCUT2D eigenvalue weighted by molar-refractivity contribution is 0.317. The second-order valence-electron chi connectivity index (χ2n) is 2.72. The summed E-state index contributed by atoms with van der Waals surface area (Å²) in [6.45, 7) is 2.71. The van der Waals surface area contributed by atoms with Gasteiger partial charge in [-0.2, -0.15) is 0 Å². The summed E-state index contributed by atoms with van der Waals surface area (Å²) < 4.78 is 17.9. The first-order chi connectivity index (χ1) is 6.24. The van der Waals surface area contributed by atoms with Gasteiger partial charge in [0.15, 0.2) is 5.63 Å². The number of hydrogen-bond donors (Lipinski definition) is 0. The zero-order valence-electron chi connectivity index (χ0n) is 7.47. The predicted octanol–water partition coefficient (Wildman–Crippen LogP) is 3.68. The third kappa shape index (κ3) is 3.23. The van der Waals surface area contributed by atoms with Crippen LogP contribution in [0, 0.1) is 0 Å². The number of rotatable bonds is 4. The van der Waals surface area contributed by atoms with Crippen LogP contribution in [-0.4, -0.2) is 6.61 Å². The second-order valence-corrected chi connectivity index (χ2v) is 3.10. The van der Waals surface area contributed by atoms with Crippen molar-refractivity contribution in [1.82, 2.24) is 0 Å². The third-order valence-electron chi connectivity index (χ3n) is 1.60. The van der Waals surface area contributed by atoms with Crippen molar-refractivity contribution < 1.29 is 9.13 Å². The zero-order chi connectivity index (χ0) is 9.68. The SMILES string of the molecule is CCCOc1ccc(C(F)Cl)cc1. The highest BCUT2D eigenvalue weighted by Gasteiger charge is 2.03. The summed E-state index contributed by atoms with van der Waals surface area (Å²) in [5, 5.41) is 0. The van der Waals surface area contributed by atoms with Crippen molar-refractivity contribution in [3.8, 4) is 5.75 Å². The third-order valence-corrected chi connectivity index (χ3v) is 1.86. The molecule has 0 aliphatic heterocycles. The molecule has 1 aromatic rings. The van der Waals surface area contributed by atoms with Crippen LogP contribution in [0.2, 0.25) is 0 Å². The molecule has 1 aromatic carbocycles. The molecule has 1 atom stereocenters. The van der Waals surface area contributed by atoms with Crippen molar-refractivity contribution in [2.45, 2.75) is 19.0 Å². The lowest BCUT2D eigenvalue weighted by Crippen LogP contribution is -1.94. The normalized spacial score (nSPS) is 12.5. The Labute approximate surface area is 82.5 Å².